The number of esters is 1. The van der Waals surface area contributed by atoms with Gasteiger partial charge in [-0.3, -0.25) is 4.79 Å². The third kappa shape index (κ3) is 3.12. The number of carbonyl (C=O) groups excluding carboxylic acids is 1. The summed E-state index contributed by atoms with van der Waals surface area (Å²) in [5.74, 6) is -6.21. The van der Waals surface area contributed by atoms with Gasteiger partial charge in [-0.2, -0.15) is 4.39 Å². The maximum Gasteiger partial charge on any atom is 0.306 e. The van der Waals surface area contributed by atoms with Crippen LogP contribution in [0.2, 0.25) is 0 Å². The van der Waals surface area contributed by atoms with Crippen LogP contribution >= 0.6 is 0 Å². The predicted molar refractivity (Wildman–Crippen MR) is 52.9 cm³/mol. The number of phenols is 1. The highest BCUT2D eigenvalue weighted by Gasteiger charge is 2.18. The second kappa shape index (κ2) is 5.56. The van der Waals surface area contributed by atoms with Crippen molar-refractivity contribution in [2.24, 2.45) is 0 Å². The van der Waals surface area contributed by atoms with Crippen molar-refractivity contribution < 1.29 is 27.8 Å². The Bertz CT molecular complexity index is 432. The van der Waals surface area contributed by atoms with Gasteiger partial charge in [0.1, 0.15) is 0 Å². The van der Waals surface area contributed by atoms with E-state index < -0.39 is 29.2 Å². The van der Waals surface area contributed by atoms with Crippen molar-refractivity contribution in [3.63, 3.8) is 0 Å². The summed E-state index contributed by atoms with van der Waals surface area (Å²) >= 11 is 0. The van der Waals surface area contributed by atoms with Crippen LogP contribution in [0, 0.1) is 17.5 Å². The molecule has 17 heavy (non-hydrogen) atoms. The largest absolute Gasteiger partial charge is 0.503 e. The third-order valence-electron chi connectivity index (χ3n) is 2.11. The standard InChI is InChI=1S/C11H11F3O3/c1-2-17-8(15)4-3-6-5-7(12)11(16)10(14)9(6)13/h5,16H,2-4H2,1H3. The predicted octanol–water partition coefficient (Wildman–Crippen LogP) is 2.31. The van der Waals surface area contributed by atoms with Gasteiger partial charge >= 0.3 is 5.97 Å². The molecule has 0 saturated carbocycles. The molecule has 0 saturated heterocycles. The summed E-state index contributed by atoms with van der Waals surface area (Å²) in [7, 11) is 0. The molecule has 0 fully saturated rings. The van der Waals surface area contributed by atoms with Crippen molar-refractivity contribution in [1.82, 2.24) is 0 Å². The first-order valence-electron chi connectivity index (χ1n) is 4.98. The first-order chi connectivity index (χ1) is 7.97. The highest BCUT2D eigenvalue weighted by molar-refractivity contribution is 5.69. The molecular formula is C11H11F3O3. The van der Waals surface area contributed by atoms with E-state index in [1.54, 1.807) is 6.92 Å². The zero-order chi connectivity index (χ0) is 13.0. The van der Waals surface area contributed by atoms with Crippen molar-refractivity contribution in [1.29, 1.82) is 0 Å². The van der Waals surface area contributed by atoms with Crippen LogP contribution in [0.3, 0.4) is 0 Å². The monoisotopic (exact) mass is 248 g/mol. The fraction of sp³-hybridized carbons (Fsp3) is 0.364. The molecule has 3 nitrogen and oxygen atoms in total. The molecule has 94 valence electrons. The Morgan fingerprint density at radius 3 is 2.59 bits per heavy atom. The van der Waals surface area contributed by atoms with E-state index >= 15 is 0 Å². The lowest BCUT2D eigenvalue weighted by Gasteiger charge is -2.06. The summed E-state index contributed by atoms with van der Waals surface area (Å²) in [6, 6.07) is 0.660. The highest BCUT2D eigenvalue weighted by Crippen LogP contribution is 2.25. The number of aromatic hydroxyl groups is 1. The second-order valence-electron chi connectivity index (χ2n) is 3.30. The normalized spacial score (nSPS) is 10.4. The van der Waals surface area contributed by atoms with Gasteiger partial charge in [0.05, 0.1) is 6.61 Å². The first-order valence-corrected chi connectivity index (χ1v) is 4.98. The molecule has 0 radical (unpaired) electrons. The zero-order valence-electron chi connectivity index (χ0n) is 9.10. The van der Waals surface area contributed by atoms with Crippen molar-refractivity contribution in [3.8, 4) is 5.75 Å². The maximum atomic E-state index is 13.2. The molecule has 1 aromatic rings. The summed E-state index contributed by atoms with van der Waals surface area (Å²) in [5.41, 5.74) is -0.314. The highest BCUT2D eigenvalue weighted by atomic mass is 19.2. The first kappa shape index (κ1) is 13.3. The van der Waals surface area contributed by atoms with Crippen molar-refractivity contribution in [2.45, 2.75) is 19.8 Å². The Morgan fingerprint density at radius 2 is 2.00 bits per heavy atom. The van der Waals surface area contributed by atoms with Crippen LogP contribution in [0.15, 0.2) is 6.07 Å². The van der Waals surface area contributed by atoms with Gasteiger partial charge in [-0.15, -0.1) is 0 Å². The molecule has 0 amide bonds. The van der Waals surface area contributed by atoms with E-state index in [4.69, 9.17) is 5.11 Å². The van der Waals surface area contributed by atoms with E-state index in [1.807, 2.05) is 0 Å². The average molecular weight is 248 g/mol. The minimum Gasteiger partial charge on any atom is -0.503 e. The SMILES string of the molecule is CCOC(=O)CCc1cc(F)c(O)c(F)c1F. The smallest absolute Gasteiger partial charge is 0.306 e. The number of hydrogen-bond acceptors (Lipinski definition) is 3. The Balaban J connectivity index is 2.82. The molecule has 0 unspecified atom stereocenters. The van der Waals surface area contributed by atoms with Crippen LogP contribution < -0.4 is 0 Å². The topological polar surface area (TPSA) is 46.5 Å². The minimum absolute atomic E-state index is 0.180. The van der Waals surface area contributed by atoms with E-state index in [1.165, 1.54) is 0 Å². The molecule has 0 aliphatic rings. The van der Waals surface area contributed by atoms with Crippen molar-refractivity contribution in [2.75, 3.05) is 6.61 Å². The van der Waals surface area contributed by atoms with E-state index in [0.717, 1.165) is 0 Å². The van der Waals surface area contributed by atoms with Crippen LogP contribution in [0.5, 0.6) is 5.75 Å². The van der Waals surface area contributed by atoms with Gasteiger partial charge in [0, 0.05) is 6.42 Å². The Kier molecular flexibility index (Phi) is 4.37. The molecule has 0 aromatic heterocycles. The number of aryl methyl sites for hydroxylation is 1. The number of benzene rings is 1. The maximum absolute atomic E-state index is 13.2. The van der Waals surface area contributed by atoms with Gasteiger partial charge in [0.2, 0.25) is 5.82 Å². The van der Waals surface area contributed by atoms with Gasteiger partial charge < -0.3 is 9.84 Å². The Hall–Kier alpha value is -1.72. The number of phenolic OH excluding ortho intramolecular Hbond substituents is 1. The van der Waals surface area contributed by atoms with Crippen LogP contribution in [0.1, 0.15) is 18.9 Å². The number of hydrogen-bond donors (Lipinski definition) is 1. The summed E-state index contributed by atoms with van der Waals surface area (Å²) in [4.78, 5) is 11.0. The van der Waals surface area contributed by atoms with Gasteiger partial charge in [-0.1, -0.05) is 0 Å². The zero-order valence-corrected chi connectivity index (χ0v) is 9.10. The molecule has 1 N–H and O–H groups in total. The Morgan fingerprint density at radius 1 is 1.35 bits per heavy atom. The quantitative estimate of drug-likeness (QED) is 0.657. The van der Waals surface area contributed by atoms with E-state index in [9.17, 15) is 18.0 Å². The van der Waals surface area contributed by atoms with Crippen molar-refractivity contribution >= 4 is 5.97 Å². The van der Waals surface area contributed by atoms with Gasteiger partial charge in [0.15, 0.2) is 17.4 Å². The molecule has 0 aliphatic carbocycles. The second-order valence-corrected chi connectivity index (χ2v) is 3.30. The molecule has 1 rings (SSSR count). The van der Waals surface area contributed by atoms with Crippen LogP contribution in [0.4, 0.5) is 13.2 Å². The van der Waals surface area contributed by atoms with Crippen molar-refractivity contribution in [3.05, 3.63) is 29.1 Å². The summed E-state index contributed by atoms with van der Waals surface area (Å²) < 4.78 is 43.7. The lowest BCUT2D eigenvalue weighted by molar-refractivity contribution is -0.143. The van der Waals surface area contributed by atoms with Gasteiger partial charge in [0.25, 0.3) is 0 Å². The molecule has 0 atom stereocenters. The van der Waals surface area contributed by atoms with E-state index in [0.29, 0.717) is 6.07 Å². The fourth-order valence-corrected chi connectivity index (χ4v) is 1.29. The van der Waals surface area contributed by atoms with Gasteiger partial charge in [-0.05, 0) is 25.0 Å². The third-order valence-corrected chi connectivity index (χ3v) is 2.11. The van der Waals surface area contributed by atoms with Crippen LogP contribution in [0.25, 0.3) is 0 Å². The number of rotatable bonds is 4. The molecule has 0 spiro atoms. The Labute approximate surface area is 95.8 Å². The van der Waals surface area contributed by atoms with Crippen LogP contribution in [-0.4, -0.2) is 17.7 Å². The lowest BCUT2D eigenvalue weighted by atomic mass is 10.1. The lowest BCUT2D eigenvalue weighted by Crippen LogP contribution is -2.07. The molecule has 0 bridgehead atoms. The number of ether oxygens (including phenoxy) is 1. The minimum atomic E-state index is -1.65. The summed E-state index contributed by atoms with van der Waals surface area (Å²) in [5, 5.41) is 8.79. The molecule has 6 heteroatoms. The van der Waals surface area contributed by atoms with Crippen LogP contribution in [-0.2, 0) is 16.0 Å². The molecule has 1 aromatic carbocycles. The van der Waals surface area contributed by atoms with Gasteiger partial charge in [-0.25, -0.2) is 8.78 Å². The fourth-order valence-electron chi connectivity index (χ4n) is 1.29. The molecular weight excluding hydrogens is 237 g/mol. The number of carbonyl (C=O) groups is 1. The summed E-state index contributed by atoms with van der Waals surface area (Å²) in [6.07, 6.45) is -0.382. The number of halogens is 3. The van der Waals surface area contributed by atoms with E-state index in [2.05, 4.69) is 4.74 Å². The average Bonchev–Trinajstić information content (AvgIpc) is 2.30. The summed E-state index contributed by atoms with van der Waals surface area (Å²) in [6.45, 7) is 1.79. The molecule has 0 heterocycles. The van der Waals surface area contributed by atoms with E-state index in [-0.39, 0.29) is 25.0 Å². The molecule has 0 aliphatic heterocycles.